The summed E-state index contributed by atoms with van der Waals surface area (Å²) in [5.41, 5.74) is 13.5. The number of primary amides is 1. The van der Waals surface area contributed by atoms with Crippen molar-refractivity contribution in [2.45, 2.75) is 65.3 Å². The van der Waals surface area contributed by atoms with Crippen LogP contribution in [0, 0.1) is 6.92 Å². The third kappa shape index (κ3) is 5.44. The Hall–Kier alpha value is -2.85. The summed E-state index contributed by atoms with van der Waals surface area (Å²) in [6.07, 6.45) is 8.38. The summed E-state index contributed by atoms with van der Waals surface area (Å²) in [6.45, 7) is 8.61. The minimum Gasteiger partial charge on any atom is -0.366 e. The van der Waals surface area contributed by atoms with E-state index in [1.54, 1.807) is 0 Å². The fourth-order valence-corrected chi connectivity index (χ4v) is 5.40. The number of nitrogens with two attached hydrogens (primary N) is 1. The average molecular weight is 458 g/mol. The summed E-state index contributed by atoms with van der Waals surface area (Å²) < 4.78 is 2.39. The number of benzene rings is 2. The summed E-state index contributed by atoms with van der Waals surface area (Å²) in [5, 5.41) is 0. The number of hydrogen-bond donors (Lipinski definition) is 1. The van der Waals surface area contributed by atoms with E-state index in [2.05, 4.69) is 71.8 Å². The summed E-state index contributed by atoms with van der Waals surface area (Å²) in [6, 6.07) is 19.0. The maximum atomic E-state index is 12.7. The molecule has 1 aliphatic rings. The lowest BCUT2D eigenvalue weighted by molar-refractivity contribution is 0.1000. The van der Waals surface area contributed by atoms with E-state index in [0.29, 0.717) is 5.56 Å². The van der Waals surface area contributed by atoms with Crippen LogP contribution in [-0.4, -0.2) is 35.0 Å². The van der Waals surface area contributed by atoms with Gasteiger partial charge in [0.2, 0.25) is 0 Å². The number of carbonyl (C=O) groups is 1. The number of unbranched alkanes of at least 4 members (excludes halogenated alkanes) is 2. The molecule has 1 fully saturated rings. The van der Waals surface area contributed by atoms with Crippen LogP contribution in [-0.2, 0) is 13.0 Å². The second-order valence-corrected chi connectivity index (χ2v) is 9.60. The van der Waals surface area contributed by atoms with Crippen LogP contribution in [0.25, 0.3) is 22.3 Å². The molecule has 3 aromatic rings. The number of nitrogens with zero attached hydrogens (tertiary/aromatic N) is 2. The minimum atomic E-state index is -0.326. The predicted molar refractivity (Wildman–Crippen MR) is 142 cm³/mol. The van der Waals surface area contributed by atoms with Crippen molar-refractivity contribution in [3.8, 4) is 22.3 Å². The minimum absolute atomic E-state index is 0.326. The molecule has 4 nitrogen and oxygen atoms in total. The number of hydrogen-bond acceptors (Lipinski definition) is 2. The van der Waals surface area contributed by atoms with Crippen LogP contribution in [0.2, 0.25) is 0 Å². The normalized spacial score (nSPS) is 14.4. The molecule has 0 bridgehead atoms. The van der Waals surface area contributed by atoms with Crippen molar-refractivity contribution in [2.75, 3.05) is 19.6 Å². The molecule has 4 heteroatoms. The highest BCUT2D eigenvalue weighted by atomic mass is 16.1. The van der Waals surface area contributed by atoms with Gasteiger partial charge in [-0.05, 0) is 62.4 Å². The van der Waals surface area contributed by atoms with Gasteiger partial charge >= 0.3 is 0 Å². The number of amides is 1. The Kier molecular flexibility index (Phi) is 8.23. The van der Waals surface area contributed by atoms with Gasteiger partial charge in [-0.2, -0.15) is 0 Å². The van der Waals surface area contributed by atoms with Crippen molar-refractivity contribution in [3.05, 3.63) is 71.5 Å². The number of piperidine rings is 1. The van der Waals surface area contributed by atoms with Crippen molar-refractivity contribution in [1.29, 1.82) is 0 Å². The van der Waals surface area contributed by atoms with Crippen molar-refractivity contribution in [3.63, 3.8) is 0 Å². The fourth-order valence-electron chi connectivity index (χ4n) is 5.40. The molecule has 2 heterocycles. The van der Waals surface area contributed by atoms with E-state index in [-0.39, 0.29) is 5.91 Å². The van der Waals surface area contributed by atoms with Gasteiger partial charge in [0.1, 0.15) is 0 Å². The molecule has 2 aromatic carbocycles. The van der Waals surface area contributed by atoms with E-state index in [0.717, 1.165) is 42.8 Å². The maximum Gasteiger partial charge on any atom is 0.251 e. The topological polar surface area (TPSA) is 51.3 Å². The van der Waals surface area contributed by atoms with Crippen LogP contribution in [0.15, 0.2) is 54.6 Å². The molecule has 1 saturated heterocycles. The van der Waals surface area contributed by atoms with Gasteiger partial charge in [0.25, 0.3) is 5.91 Å². The van der Waals surface area contributed by atoms with E-state index in [9.17, 15) is 4.79 Å². The molecule has 4 rings (SSSR count). The first-order valence-corrected chi connectivity index (χ1v) is 13.0. The first-order valence-electron chi connectivity index (χ1n) is 13.0. The molecule has 1 aliphatic heterocycles. The highest BCUT2D eigenvalue weighted by molar-refractivity contribution is 6.02. The average Bonchev–Trinajstić information content (AvgIpc) is 3.15. The molecule has 0 unspecified atom stereocenters. The van der Waals surface area contributed by atoms with Crippen molar-refractivity contribution in [1.82, 2.24) is 9.47 Å². The van der Waals surface area contributed by atoms with Crippen LogP contribution in [0.3, 0.4) is 0 Å². The van der Waals surface area contributed by atoms with Gasteiger partial charge < -0.3 is 15.2 Å². The zero-order chi connectivity index (χ0) is 23.9. The molecule has 0 atom stereocenters. The lowest BCUT2D eigenvalue weighted by Gasteiger charge is -2.27. The standard InChI is InChI=1S/C30H39N3O/c1-3-4-7-14-27-29(26-17-15-25(16-18-26)24-12-8-5-9-13-24)28(30(31)34)23(2)33(27)22-21-32-19-10-6-11-20-32/h5,8-9,12-13,15-18H,3-4,6-7,10-11,14,19-22H2,1-2H3,(H2,31,34). The molecule has 2 N–H and O–H groups in total. The summed E-state index contributed by atoms with van der Waals surface area (Å²) in [5.74, 6) is -0.326. The SMILES string of the molecule is CCCCCc1c(-c2ccc(-c3ccccc3)cc2)c(C(N)=O)c(C)n1CCN1CCCCC1. The molecule has 180 valence electrons. The van der Waals surface area contributed by atoms with Gasteiger partial charge in [-0.1, -0.05) is 80.8 Å². The monoisotopic (exact) mass is 457 g/mol. The largest absolute Gasteiger partial charge is 0.366 e. The molecule has 0 aliphatic carbocycles. The number of carbonyl (C=O) groups excluding carboxylic acids is 1. The smallest absolute Gasteiger partial charge is 0.251 e. The Balaban J connectivity index is 1.72. The number of aromatic nitrogens is 1. The quantitative estimate of drug-likeness (QED) is 0.356. The molecule has 0 spiro atoms. The molecule has 1 amide bonds. The van der Waals surface area contributed by atoms with Crippen molar-refractivity contribution >= 4 is 5.91 Å². The molecule has 0 radical (unpaired) electrons. The lowest BCUT2D eigenvalue weighted by Crippen LogP contribution is -2.33. The van der Waals surface area contributed by atoms with Crippen molar-refractivity contribution in [2.24, 2.45) is 5.73 Å². The van der Waals surface area contributed by atoms with E-state index in [4.69, 9.17) is 5.73 Å². The third-order valence-electron chi connectivity index (χ3n) is 7.26. The lowest BCUT2D eigenvalue weighted by atomic mass is 9.95. The number of rotatable bonds is 10. The van der Waals surface area contributed by atoms with Gasteiger partial charge in [-0.15, -0.1) is 0 Å². The first kappa shape index (κ1) is 24.3. The molecule has 34 heavy (non-hydrogen) atoms. The van der Waals surface area contributed by atoms with Gasteiger partial charge in [0, 0.05) is 30.0 Å². The zero-order valence-electron chi connectivity index (χ0n) is 20.9. The van der Waals surface area contributed by atoms with Crippen molar-refractivity contribution < 1.29 is 4.79 Å². The van der Waals surface area contributed by atoms with Crippen LogP contribution in [0.5, 0.6) is 0 Å². The molecular weight excluding hydrogens is 418 g/mol. The van der Waals surface area contributed by atoms with Crippen LogP contribution < -0.4 is 5.73 Å². The zero-order valence-corrected chi connectivity index (χ0v) is 20.9. The van der Waals surface area contributed by atoms with Crippen LogP contribution in [0.4, 0.5) is 0 Å². The van der Waals surface area contributed by atoms with E-state index in [1.165, 1.54) is 62.0 Å². The predicted octanol–water partition coefficient (Wildman–Crippen LogP) is 6.45. The summed E-state index contributed by atoms with van der Waals surface area (Å²) in [7, 11) is 0. The Morgan fingerprint density at radius 1 is 0.853 bits per heavy atom. The summed E-state index contributed by atoms with van der Waals surface area (Å²) >= 11 is 0. The van der Waals surface area contributed by atoms with Gasteiger partial charge in [0.05, 0.1) is 5.56 Å². The molecule has 0 saturated carbocycles. The van der Waals surface area contributed by atoms with Gasteiger partial charge in [0.15, 0.2) is 0 Å². The second-order valence-electron chi connectivity index (χ2n) is 9.60. The number of likely N-dealkylation sites (tertiary alicyclic amines) is 1. The highest BCUT2D eigenvalue weighted by Gasteiger charge is 2.25. The Labute approximate surface area is 204 Å². The summed E-state index contributed by atoms with van der Waals surface area (Å²) in [4.78, 5) is 15.3. The van der Waals surface area contributed by atoms with Crippen LogP contribution >= 0.6 is 0 Å². The Bertz CT molecular complexity index is 1080. The Morgan fingerprint density at radius 2 is 1.50 bits per heavy atom. The van der Waals surface area contributed by atoms with E-state index >= 15 is 0 Å². The van der Waals surface area contributed by atoms with Crippen LogP contribution in [0.1, 0.15) is 67.2 Å². The second kappa shape index (κ2) is 11.5. The first-order chi connectivity index (χ1) is 16.6. The third-order valence-corrected chi connectivity index (χ3v) is 7.26. The molecule has 1 aromatic heterocycles. The van der Waals surface area contributed by atoms with E-state index in [1.807, 2.05) is 6.07 Å². The fraction of sp³-hybridized carbons (Fsp3) is 0.433. The maximum absolute atomic E-state index is 12.7. The Morgan fingerprint density at radius 3 is 2.15 bits per heavy atom. The highest BCUT2D eigenvalue weighted by Crippen LogP contribution is 2.35. The van der Waals surface area contributed by atoms with Gasteiger partial charge in [-0.25, -0.2) is 0 Å². The molecular formula is C30H39N3O. The van der Waals surface area contributed by atoms with E-state index < -0.39 is 0 Å². The van der Waals surface area contributed by atoms with Gasteiger partial charge in [-0.3, -0.25) is 4.79 Å².